The van der Waals surface area contributed by atoms with Gasteiger partial charge in [0.15, 0.2) is 0 Å². The molecule has 0 saturated carbocycles. The molecule has 3 nitrogen and oxygen atoms in total. The van der Waals surface area contributed by atoms with Crippen molar-refractivity contribution in [2.24, 2.45) is 5.92 Å². The van der Waals surface area contributed by atoms with Gasteiger partial charge in [0.1, 0.15) is 0 Å². The van der Waals surface area contributed by atoms with Crippen LogP contribution in [0, 0.1) is 5.92 Å². The molecular formula is C7H14N2O. The van der Waals surface area contributed by atoms with Crippen LogP contribution < -0.4 is 10.6 Å². The van der Waals surface area contributed by atoms with E-state index in [1.807, 2.05) is 0 Å². The van der Waals surface area contributed by atoms with Crippen molar-refractivity contribution in [1.82, 2.24) is 10.6 Å². The van der Waals surface area contributed by atoms with Crippen LogP contribution in [0.5, 0.6) is 0 Å². The molecule has 0 aromatic heterocycles. The quantitative estimate of drug-likeness (QED) is 0.533. The molecular weight excluding hydrogens is 128 g/mol. The summed E-state index contributed by atoms with van der Waals surface area (Å²) >= 11 is 0. The second kappa shape index (κ2) is 3.01. The zero-order chi connectivity index (χ0) is 7.56. The summed E-state index contributed by atoms with van der Waals surface area (Å²) in [5.74, 6) is 0.691. The Hall–Kier alpha value is -0.570. The van der Waals surface area contributed by atoms with Crippen molar-refractivity contribution in [2.75, 3.05) is 13.1 Å². The predicted molar refractivity (Wildman–Crippen MR) is 39.6 cm³/mol. The Kier molecular flexibility index (Phi) is 2.27. The van der Waals surface area contributed by atoms with Crippen LogP contribution in [0.3, 0.4) is 0 Å². The van der Waals surface area contributed by atoms with Gasteiger partial charge in [-0.25, -0.2) is 0 Å². The third-order valence-electron chi connectivity index (χ3n) is 1.41. The first-order valence-electron chi connectivity index (χ1n) is 3.71. The van der Waals surface area contributed by atoms with Crippen molar-refractivity contribution < 1.29 is 4.79 Å². The molecule has 3 heteroatoms. The van der Waals surface area contributed by atoms with Gasteiger partial charge in [-0.2, -0.15) is 0 Å². The average molecular weight is 142 g/mol. The van der Waals surface area contributed by atoms with Crippen molar-refractivity contribution in [2.45, 2.75) is 19.9 Å². The van der Waals surface area contributed by atoms with E-state index in [1.165, 1.54) is 0 Å². The summed E-state index contributed by atoms with van der Waals surface area (Å²) in [6, 6.07) is 0.110. The summed E-state index contributed by atoms with van der Waals surface area (Å²) < 4.78 is 0. The SMILES string of the molecule is CC(C)CNC(=O)C1CN1. The van der Waals surface area contributed by atoms with E-state index in [0.717, 1.165) is 13.1 Å². The van der Waals surface area contributed by atoms with E-state index in [1.54, 1.807) is 0 Å². The highest BCUT2D eigenvalue weighted by Gasteiger charge is 2.28. The van der Waals surface area contributed by atoms with Crippen molar-refractivity contribution >= 4 is 5.91 Å². The number of rotatable bonds is 3. The predicted octanol–water partition coefficient (Wildman–Crippen LogP) is -0.270. The molecule has 1 atom stereocenters. The summed E-state index contributed by atoms with van der Waals surface area (Å²) in [6.07, 6.45) is 0. The van der Waals surface area contributed by atoms with Crippen LogP contribution in [-0.2, 0) is 4.79 Å². The first-order chi connectivity index (χ1) is 4.70. The molecule has 0 spiro atoms. The van der Waals surface area contributed by atoms with Gasteiger partial charge < -0.3 is 10.6 Å². The molecule has 1 heterocycles. The smallest absolute Gasteiger partial charge is 0.238 e. The fourth-order valence-corrected chi connectivity index (χ4v) is 0.672. The lowest BCUT2D eigenvalue weighted by Crippen LogP contribution is -2.32. The van der Waals surface area contributed by atoms with Gasteiger partial charge in [0.25, 0.3) is 0 Å². The topological polar surface area (TPSA) is 51.0 Å². The van der Waals surface area contributed by atoms with Crippen molar-refractivity contribution in [3.63, 3.8) is 0 Å². The van der Waals surface area contributed by atoms with Crippen molar-refractivity contribution in [1.29, 1.82) is 0 Å². The molecule has 58 valence electrons. The van der Waals surface area contributed by atoms with Gasteiger partial charge >= 0.3 is 0 Å². The fourth-order valence-electron chi connectivity index (χ4n) is 0.672. The van der Waals surface area contributed by atoms with Gasteiger partial charge in [-0.05, 0) is 5.92 Å². The Bertz CT molecular complexity index is 130. The third kappa shape index (κ3) is 2.35. The lowest BCUT2D eigenvalue weighted by molar-refractivity contribution is -0.120. The van der Waals surface area contributed by atoms with Gasteiger partial charge in [0, 0.05) is 13.1 Å². The Morgan fingerprint density at radius 3 is 2.80 bits per heavy atom. The minimum Gasteiger partial charge on any atom is -0.354 e. The zero-order valence-corrected chi connectivity index (χ0v) is 6.48. The van der Waals surface area contributed by atoms with Crippen LogP contribution in [0.1, 0.15) is 13.8 Å². The number of carbonyl (C=O) groups is 1. The highest BCUT2D eigenvalue weighted by molar-refractivity contribution is 5.84. The maximum absolute atomic E-state index is 10.9. The monoisotopic (exact) mass is 142 g/mol. The summed E-state index contributed by atoms with van der Waals surface area (Å²) in [5, 5.41) is 5.79. The van der Waals surface area contributed by atoms with Crippen LogP contribution in [0.2, 0.25) is 0 Å². The maximum Gasteiger partial charge on any atom is 0.238 e. The molecule has 2 N–H and O–H groups in total. The summed E-state index contributed by atoms with van der Waals surface area (Å²) in [7, 11) is 0. The largest absolute Gasteiger partial charge is 0.354 e. The first kappa shape index (κ1) is 7.54. The average Bonchev–Trinajstić information content (AvgIpc) is 2.63. The number of amides is 1. The Morgan fingerprint density at radius 1 is 1.80 bits per heavy atom. The Morgan fingerprint density at radius 2 is 2.40 bits per heavy atom. The summed E-state index contributed by atoms with van der Waals surface area (Å²) in [4.78, 5) is 10.9. The van der Waals surface area contributed by atoms with E-state index >= 15 is 0 Å². The number of nitrogens with one attached hydrogen (secondary N) is 2. The highest BCUT2D eigenvalue weighted by Crippen LogP contribution is 1.96. The molecule has 10 heavy (non-hydrogen) atoms. The van der Waals surface area contributed by atoms with Gasteiger partial charge in [-0.15, -0.1) is 0 Å². The number of hydrogen-bond donors (Lipinski definition) is 2. The third-order valence-corrected chi connectivity index (χ3v) is 1.41. The fraction of sp³-hybridized carbons (Fsp3) is 0.857. The summed E-state index contributed by atoms with van der Waals surface area (Å²) in [6.45, 7) is 5.81. The zero-order valence-electron chi connectivity index (χ0n) is 6.48. The molecule has 1 fully saturated rings. The van der Waals surface area contributed by atoms with Crippen LogP contribution >= 0.6 is 0 Å². The molecule has 1 amide bonds. The van der Waals surface area contributed by atoms with Gasteiger partial charge in [0.2, 0.25) is 5.91 Å². The molecule has 0 aromatic carbocycles. The Balaban J connectivity index is 2.06. The van der Waals surface area contributed by atoms with E-state index in [4.69, 9.17) is 0 Å². The number of hydrogen-bond acceptors (Lipinski definition) is 2. The van der Waals surface area contributed by atoms with E-state index in [0.29, 0.717) is 5.92 Å². The lowest BCUT2D eigenvalue weighted by Gasteiger charge is -2.05. The van der Waals surface area contributed by atoms with E-state index in [-0.39, 0.29) is 11.9 Å². The molecule has 1 rings (SSSR count). The van der Waals surface area contributed by atoms with Gasteiger partial charge in [-0.1, -0.05) is 13.8 Å². The van der Waals surface area contributed by atoms with Crippen LogP contribution in [0.15, 0.2) is 0 Å². The normalized spacial score (nSPS) is 22.9. The Labute approximate surface area is 61.2 Å². The molecule has 1 saturated heterocycles. The van der Waals surface area contributed by atoms with Crippen LogP contribution in [0.4, 0.5) is 0 Å². The summed E-state index contributed by atoms with van der Waals surface area (Å²) in [5.41, 5.74) is 0. The molecule has 0 aromatic rings. The molecule has 1 aliphatic rings. The number of carbonyl (C=O) groups excluding carboxylic acids is 1. The molecule has 1 aliphatic heterocycles. The highest BCUT2D eigenvalue weighted by atomic mass is 16.2. The minimum absolute atomic E-state index is 0.110. The van der Waals surface area contributed by atoms with E-state index in [9.17, 15) is 4.79 Å². The van der Waals surface area contributed by atoms with Crippen molar-refractivity contribution in [3.8, 4) is 0 Å². The van der Waals surface area contributed by atoms with Crippen LogP contribution in [0.25, 0.3) is 0 Å². The second-order valence-electron chi connectivity index (χ2n) is 3.10. The first-order valence-corrected chi connectivity index (χ1v) is 3.71. The van der Waals surface area contributed by atoms with Gasteiger partial charge in [0.05, 0.1) is 6.04 Å². The standard InChI is InChI=1S/C7H14N2O/c1-5(2)3-9-7(10)6-4-8-6/h5-6,8H,3-4H2,1-2H3,(H,9,10). The van der Waals surface area contributed by atoms with Crippen LogP contribution in [-0.4, -0.2) is 25.0 Å². The second-order valence-corrected chi connectivity index (χ2v) is 3.10. The molecule has 0 aliphatic carbocycles. The minimum atomic E-state index is 0.110. The van der Waals surface area contributed by atoms with Crippen molar-refractivity contribution in [3.05, 3.63) is 0 Å². The molecule has 0 radical (unpaired) electrons. The lowest BCUT2D eigenvalue weighted by atomic mass is 10.2. The van der Waals surface area contributed by atoms with E-state index < -0.39 is 0 Å². The van der Waals surface area contributed by atoms with E-state index in [2.05, 4.69) is 24.5 Å². The maximum atomic E-state index is 10.9. The molecule has 0 bridgehead atoms. The van der Waals surface area contributed by atoms with Gasteiger partial charge in [-0.3, -0.25) is 4.79 Å². The molecule has 1 unspecified atom stereocenters.